The second-order valence-electron chi connectivity index (χ2n) is 7.31. The molecular weight excluding hydrogens is 354 g/mol. The number of ether oxygens (including phenoxy) is 2. The van der Waals surface area contributed by atoms with E-state index in [0.717, 1.165) is 30.6 Å². The Balaban J connectivity index is 1.43. The Labute approximate surface area is 166 Å². The summed E-state index contributed by atoms with van der Waals surface area (Å²) in [6.45, 7) is 2.32. The summed E-state index contributed by atoms with van der Waals surface area (Å²) in [5.41, 5.74) is 1.37. The number of hydrogen-bond donors (Lipinski definition) is 1. The molecule has 0 radical (unpaired) electrons. The van der Waals surface area contributed by atoms with Crippen LogP contribution in [0.1, 0.15) is 48.5 Å². The van der Waals surface area contributed by atoms with E-state index in [1.807, 2.05) is 42.5 Å². The number of hydrogen-bond acceptors (Lipinski definition) is 4. The van der Waals surface area contributed by atoms with Crippen LogP contribution in [0.5, 0.6) is 5.75 Å². The minimum atomic E-state index is -0.498. The molecule has 1 fully saturated rings. The topological polar surface area (TPSA) is 64.6 Å². The van der Waals surface area contributed by atoms with Crippen molar-refractivity contribution in [2.24, 2.45) is 5.92 Å². The van der Waals surface area contributed by atoms with Crippen LogP contribution in [0.4, 0.5) is 0 Å². The molecule has 1 N–H and O–H groups in total. The molecule has 0 bridgehead atoms. The third-order valence-corrected chi connectivity index (χ3v) is 5.13. The van der Waals surface area contributed by atoms with Crippen molar-refractivity contribution in [2.75, 3.05) is 6.61 Å². The van der Waals surface area contributed by atoms with Gasteiger partial charge in [-0.1, -0.05) is 50.1 Å². The average Bonchev–Trinajstić information content (AvgIpc) is 2.73. The smallest absolute Gasteiger partial charge is 0.338 e. The highest BCUT2D eigenvalue weighted by Crippen LogP contribution is 2.23. The van der Waals surface area contributed by atoms with E-state index in [9.17, 15) is 9.59 Å². The van der Waals surface area contributed by atoms with E-state index in [2.05, 4.69) is 12.2 Å². The highest BCUT2D eigenvalue weighted by molar-refractivity contribution is 5.91. The van der Waals surface area contributed by atoms with E-state index in [4.69, 9.17) is 9.47 Å². The molecule has 2 atom stereocenters. The quantitative estimate of drug-likeness (QED) is 0.733. The molecule has 1 aliphatic rings. The van der Waals surface area contributed by atoms with Crippen LogP contribution in [0, 0.1) is 5.92 Å². The van der Waals surface area contributed by atoms with Crippen molar-refractivity contribution in [3.63, 3.8) is 0 Å². The predicted molar refractivity (Wildman–Crippen MR) is 107 cm³/mol. The molecule has 0 spiro atoms. The van der Waals surface area contributed by atoms with Crippen molar-refractivity contribution >= 4 is 11.9 Å². The summed E-state index contributed by atoms with van der Waals surface area (Å²) in [5, 5.41) is 2.98. The molecule has 1 aliphatic carbocycles. The maximum atomic E-state index is 12.2. The molecule has 0 saturated heterocycles. The average molecular weight is 381 g/mol. The summed E-state index contributed by atoms with van der Waals surface area (Å²) < 4.78 is 10.8. The van der Waals surface area contributed by atoms with Gasteiger partial charge in [0.25, 0.3) is 5.91 Å². The molecule has 148 valence electrons. The number of para-hydroxylation sites is 1. The van der Waals surface area contributed by atoms with E-state index >= 15 is 0 Å². The Morgan fingerprint density at radius 2 is 1.71 bits per heavy atom. The van der Waals surface area contributed by atoms with Gasteiger partial charge in [-0.2, -0.15) is 0 Å². The van der Waals surface area contributed by atoms with Crippen LogP contribution < -0.4 is 10.1 Å². The van der Waals surface area contributed by atoms with Gasteiger partial charge < -0.3 is 14.8 Å². The summed E-state index contributed by atoms with van der Waals surface area (Å²) in [4.78, 5) is 24.2. The van der Waals surface area contributed by atoms with Crippen LogP contribution in [0.15, 0.2) is 54.6 Å². The lowest BCUT2D eigenvalue weighted by atomic mass is 9.86. The molecule has 5 heteroatoms. The van der Waals surface area contributed by atoms with Gasteiger partial charge in [-0.25, -0.2) is 4.79 Å². The highest BCUT2D eigenvalue weighted by Gasteiger charge is 2.23. The first kappa shape index (κ1) is 19.9. The molecule has 3 rings (SSSR count). The maximum absolute atomic E-state index is 12.2. The van der Waals surface area contributed by atoms with Gasteiger partial charge in [0.2, 0.25) is 0 Å². The zero-order chi connectivity index (χ0) is 19.8. The Morgan fingerprint density at radius 1 is 1.00 bits per heavy atom. The summed E-state index contributed by atoms with van der Waals surface area (Å²) in [6, 6.07) is 16.8. The summed E-state index contributed by atoms with van der Waals surface area (Å²) in [5.74, 6) is 0.533. The van der Waals surface area contributed by atoms with Crippen LogP contribution in [0.2, 0.25) is 0 Å². The lowest BCUT2D eigenvalue weighted by Gasteiger charge is -2.29. The van der Waals surface area contributed by atoms with Gasteiger partial charge in [-0.15, -0.1) is 0 Å². The van der Waals surface area contributed by atoms with E-state index < -0.39 is 5.97 Å². The number of esters is 1. The zero-order valence-electron chi connectivity index (χ0n) is 16.2. The summed E-state index contributed by atoms with van der Waals surface area (Å²) >= 11 is 0. The molecule has 0 heterocycles. The molecule has 0 aromatic heterocycles. The lowest BCUT2D eigenvalue weighted by Crippen LogP contribution is -2.42. The fourth-order valence-corrected chi connectivity index (χ4v) is 3.41. The number of rotatable bonds is 7. The first-order chi connectivity index (χ1) is 13.6. The molecule has 1 amide bonds. The van der Waals surface area contributed by atoms with Crippen molar-refractivity contribution in [1.82, 2.24) is 5.32 Å². The Morgan fingerprint density at radius 3 is 2.43 bits per heavy atom. The van der Waals surface area contributed by atoms with E-state index in [1.165, 1.54) is 6.42 Å². The van der Waals surface area contributed by atoms with Crippen molar-refractivity contribution in [3.8, 4) is 5.75 Å². The molecule has 5 nitrogen and oxygen atoms in total. The third-order valence-electron chi connectivity index (χ3n) is 5.13. The first-order valence-corrected chi connectivity index (χ1v) is 9.85. The molecule has 2 aromatic rings. The van der Waals surface area contributed by atoms with Gasteiger partial charge in [0, 0.05) is 6.04 Å². The first-order valence-electron chi connectivity index (χ1n) is 9.85. The Kier molecular flexibility index (Phi) is 7.06. The number of carbonyl (C=O) groups is 2. The predicted octanol–water partition coefficient (Wildman–Crippen LogP) is 4.12. The van der Waals surface area contributed by atoms with Crippen LogP contribution >= 0.6 is 0 Å². The Hall–Kier alpha value is -2.82. The van der Waals surface area contributed by atoms with Crippen LogP contribution in [-0.2, 0) is 16.1 Å². The molecule has 28 heavy (non-hydrogen) atoms. The Bertz CT molecular complexity index is 773. The fourth-order valence-electron chi connectivity index (χ4n) is 3.41. The van der Waals surface area contributed by atoms with E-state index in [0.29, 0.717) is 18.1 Å². The fraction of sp³-hybridized carbons (Fsp3) is 0.391. The van der Waals surface area contributed by atoms with E-state index in [-0.39, 0.29) is 18.6 Å². The van der Waals surface area contributed by atoms with Crippen molar-refractivity contribution in [3.05, 3.63) is 65.7 Å². The highest BCUT2D eigenvalue weighted by atomic mass is 16.5. The third kappa shape index (κ3) is 5.84. The van der Waals surface area contributed by atoms with Gasteiger partial charge >= 0.3 is 5.97 Å². The molecule has 0 unspecified atom stereocenters. The monoisotopic (exact) mass is 381 g/mol. The van der Waals surface area contributed by atoms with Gasteiger partial charge in [-0.3, -0.25) is 4.79 Å². The summed E-state index contributed by atoms with van der Waals surface area (Å²) in [7, 11) is 0. The van der Waals surface area contributed by atoms with Crippen molar-refractivity contribution in [1.29, 1.82) is 0 Å². The van der Waals surface area contributed by atoms with Gasteiger partial charge in [0.15, 0.2) is 6.61 Å². The largest absolute Gasteiger partial charge is 0.489 e. The number of carbonyl (C=O) groups excluding carboxylic acids is 2. The van der Waals surface area contributed by atoms with E-state index in [1.54, 1.807) is 12.1 Å². The number of nitrogens with one attached hydrogen (secondary N) is 1. The van der Waals surface area contributed by atoms with Crippen LogP contribution in [0.25, 0.3) is 0 Å². The molecule has 0 aliphatic heterocycles. The standard InChI is InChI=1S/C23H27NO4/c1-17-7-5-6-10-21(17)24-22(25)16-28-23(26)19-13-11-18(12-14-19)15-27-20-8-3-2-4-9-20/h2-4,8-9,11-14,17,21H,5-7,10,15-16H2,1H3,(H,24,25)/t17-,21+/m0/s1. The second kappa shape index (κ2) is 9.93. The molecule has 1 saturated carbocycles. The van der Waals surface area contributed by atoms with Crippen molar-refractivity contribution < 1.29 is 19.1 Å². The van der Waals surface area contributed by atoms with Gasteiger partial charge in [-0.05, 0) is 48.6 Å². The number of benzene rings is 2. The van der Waals surface area contributed by atoms with Gasteiger partial charge in [0.05, 0.1) is 5.56 Å². The second-order valence-corrected chi connectivity index (χ2v) is 7.31. The minimum absolute atomic E-state index is 0.184. The van der Waals surface area contributed by atoms with Crippen LogP contribution in [0.3, 0.4) is 0 Å². The molecule has 2 aromatic carbocycles. The zero-order valence-corrected chi connectivity index (χ0v) is 16.2. The van der Waals surface area contributed by atoms with Gasteiger partial charge in [0.1, 0.15) is 12.4 Å². The molecular formula is C23H27NO4. The minimum Gasteiger partial charge on any atom is -0.489 e. The summed E-state index contributed by atoms with van der Waals surface area (Å²) in [6.07, 6.45) is 4.47. The van der Waals surface area contributed by atoms with Crippen LogP contribution in [-0.4, -0.2) is 24.5 Å². The SMILES string of the molecule is C[C@H]1CCCC[C@H]1NC(=O)COC(=O)c1ccc(COc2ccccc2)cc1. The van der Waals surface area contributed by atoms with Crippen molar-refractivity contribution in [2.45, 2.75) is 45.3 Å². The normalized spacial score (nSPS) is 18.9. The number of amides is 1. The lowest BCUT2D eigenvalue weighted by molar-refractivity contribution is -0.125. The maximum Gasteiger partial charge on any atom is 0.338 e.